The van der Waals surface area contributed by atoms with Crippen molar-refractivity contribution < 1.29 is 26.7 Å². The van der Waals surface area contributed by atoms with Crippen molar-refractivity contribution in [2.24, 2.45) is 0 Å². The molecule has 10 heteroatoms. The summed E-state index contributed by atoms with van der Waals surface area (Å²) in [6.07, 6.45) is 0. The van der Waals surface area contributed by atoms with E-state index in [4.69, 9.17) is 0 Å². The Hall–Kier alpha value is -1.94. The summed E-state index contributed by atoms with van der Waals surface area (Å²) in [5, 5.41) is 2.65. The first-order valence-corrected chi connectivity index (χ1v) is 8.42. The number of fused-ring (bicyclic) bond motifs is 1. The molecule has 0 aromatic heterocycles. The summed E-state index contributed by atoms with van der Waals surface area (Å²) in [6, 6.07) is 4.83. The normalized spacial score (nSPS) is 22.1. The standard InChI is InChI=1S/C13H15F2N3O4S/c14-12(15)22-10-3-1-2-4-11(10)23(20,21)17-5-6-18-9(8-17)7-16-13(18)19/h1-4,9,12H,5-8H2,(H,16,19)/t9-/m0/s1. The van der Waals surface area contributed by atoms with Crippen LogP contribution in [-0.4, -0.2) is 62.5 Å². The van der Waals surface area contributed by atoms with Gasteiger partial charge in [0.25, 0.3) is 0 Å². The van der Waals surface area contributed by atoms with Gasteiger partial charge < -0.3 is 15.0 Å². The van der Waals surface area contributed by atoms with Crippen molar-refractivity contribution in [2.75, 3.05) is 26.2 Å². The van der Waals surface area contributed by atoms with E-state index in [2.05, 4.69) is 10.1 Å². The quantitative estimate of drug-likeness (QED) is 0.869. The van der Waals surface area contributed by atoms with Gasteiger partial charge in [0.1, 0.15) is 10.6 Å². The van der Waals surface area contributed by atoms with Crippen LogP contribution in [0.1, 0.15) is 0 Å². The van der Waals surface area contributed by atoms with Gasteiger partial charge in [0.05, 0.1) is 6.04 Å². The molecule has 0 saturated carbocycles. The van der Waals surface area contributed by atoms with Crippen LogP contribution >= 0.6 is 0 Å². The number of amides is 2. The number of piperazine rings is 1. The van der Waals surface area contributed by atoms with Crippen LogP contribution in [-0.2, 0) is 10.0 Å². The second-order valence-electron chi connectivity index (χ2n) is 5.22. The van der Waals surface area contributed by atoms with Gasteiger partial charge in [-0.3, -0.25) is 0 Å². The zero-order chi connectivity index (χ0) is 16.6. The molecule has 1 atom stereocenters. The predicted molar refractivity (Wildman–Crippen MR) is 75.7 cm³/mol. The molecule has 126 valence electrons. The highest BCUT2D eigenvalue weighted by molar-refractivity contribution is 7.89. The van der Waals surface area contributed by atoms with Gasteiger partial charge in [-0.1, -0.05) is 12.1 Å². The van der Waals surface area contributed by atoms with Gasteiger partial charge in [-0.05, 0) is 12.1 Å². The van der Waals surface area contributed by atoms with E-state index in [0.717, 1.165) is 0 Å². The molecule has 2 aliphatic rings. The first-order valence-electron chi connectivity index (χ1n) is 6.98. The molecule has 0 spiro atoms. The van der Waals surface area contributed by atoms with Crippen molar-refractivity contribution in [3.05, 3.63) is 24.3 Å². The Morgan fingerprint density at radius 3 is 2.74 bits per heavy atom. The van der Waals surface area contributed by atoms with Crippen molar-refractivity contribution in [1.29, 1.82) is 0 Å². The van der Waals surface area contributed by atoms with E-state index in [-0.39, 0.29) is 42.4 Å². The van der Waals surface area contributed by atoms with E-state index in [1.165, 1.54) is 28.6 Å². The lowest BCUT2D eigenvalue weighted by atomic mass is 10.2. The maximum atomic E-state index is 12.7. The number of halogens is 2. The molecule has 2 saturated heterocycles. The van der Waals surface area contributed by atoms with E-state index in [0.29, 0.717) is 6.54 Å². The summed E-state index contributed by atoms with van der Waals surface area (Å²) in [7, 11) is -3.99. The lowest BCUT2D eigenvalue weighted by Crippen LogP contribution is -2.53. The maximum absolute atomic E-state index is 12.7. The molecule has 3 rings (SSSR count). The van der Waals surface area contributed by atoms with Crippen LogP contribution in [0.25, 0.3) is 0 Å². The fraction of sp³-hybridized carbons (Fsp3) is 0.462. The number of hydrogen-bond donors (Lipinski definition) is 1. The van der Waals surface area contributed by atoms with Crippen molar-refractivity contribution >= 4 is 16.1 Å². The van der Waals surface area contributed by atoms with Crippen LogP contribution in [0.3, 0.4) is 0 Å². The minimum absolute atomic E-state index is 0.106. The first-order chi connectivity index (χ1) is 10.9. The number of para-hydroxylation sites is 1. The Morgan fingerprint density at radius 1 is 1.26 bits per heavy atom. The summed E-state index contributed by atoms with van der Waals surface area (Å²) in [5.41, 5.74) is 0. The Bertz CT molecular complexity index is 713. The highest BCUT2D eigenvalue weighted by Crippen LogP contribution is 2.29. The number of benzene rings is 1. The zero-order valence-corrected chi connectivity index (χ0v) is 12.8. The maximum Gasteiger partial charge on any atom is 0.387 e. The second kappa shape index (κ2) is 5.93. The Labute approximate surface area is 131 Å². The summed E-state index contributed by atoms with van der Waals surface area (Å²) in [6.45, 7) is -2.27. The molecule has 0 radical (unpaired) electrons. The summed E-state index contributed by atoms with van der Waals surface area (Å²) >= 11 is 0. The van der Waals surface area contributed by atoms with Crippen molar-refractivity contribution in [3.8, 4) is 5.75 Å². The molecule has 2 fully saturated rings. The van der Waals surface area contributed by atoms with Gasteiger partial charge in [0.15, 0.2) is 0 Å². The smallest absolute Gasteiger partial charge is 0.387 e. The molecule has 0 aliphatic carbocycles. The third kappa shape index (κ3) is 2.95. The summed E-state index contributed by atoms with van der Waals surface area (Å²) in [5.74, 6) is -0.384. The molecular formula is C13H15F2N3O4S. The Kier molecular flexibility index (Phi) is 4.11. The molecule has 1 aromatic rings. The molecule has 1 N–H and O–H groups in total. The third-order valence-corrected chi connectivity index (χ3v) is 5.78. The van der Waals surface area contributed by atoms with Gasteiger partial charge in [0.2, 0.25) is 10.0 Å². The molecule has 23 heavy (non-hydrogen) atoms. The first kappa shape index (κ1) is 15.9. The van der Waals surface area contributed by atoms with Crippen LogP contribution in [0, 0.1) is 0 Å². The number of rotatable bonds is 4. The highest BCUT2D eigenvalue weighted by Gasteiger charge is 2.40. The van der Waals surface area contributed by atoms with E-state index >= 15 is 0 Å². The summed E-state index contributed by atoms with van der Waals surface area (Å²) in [4.78, 5) is 12.8. The molecule has 2 aliphatic heterocycles. The minimum atomic E-state index is -3.99. The fourth-order valence-corrected chi connectivity index (χ4v) is 4.38. The number of carbonyl (C=O) groups excluding carboxylic acids is 1. The fourth-order valence-electron chi connectivity index (χ4n) is 2.79. The van der Waals surface area contributed by atoms with E-state index in [1.54, 1.807) is 4.90 Å². The SMILES string of the molecule is O=C1NC[C@H]2CN(S(=O)(=O)c3ccccc3OC(F)F)CCN12. The Balaban J connectivity index is 1.86. The zero-order valence-electron chi connectivity index (χ0n) is 12.0. The number of hydrogen-bond acceptors (Lipinski definition) is 4. The van der Waals surface area contributed by atoms with Crippen LogP contribution in [0.4, 0.5) is 13.6 Å². The lowest BCUT2D eigenvalue weighted by Gasteiger charge is -2.35. The van der Waals surface area contributed by atoms with Crippen molar-refractivity contribution in [2.45, 2.75) is 17.5 Å². The molecule has 0 bridgehead atoms. The number of sulfonamides is 1. The van der Waals surface area contributed by atoms with E-state index < -0.39 is 16.6 Å². The molecule has 2 amide bonds. The third-order valence-electron chi connectivity index (χ3n) is 3.88. The monoisotopic (exact) mass is 347 g/mol. The molecular weight excluding hydrogens is 332 g/mol. The largest absolute Gasteiger partial charge is 0.433 e. The molecule has 0 unspecified atom stereocenters. The highest BCUT2D eigenvalue weighted by atomic mass is 32.2. The molecule has 7 nitrogen and oxygen atoms in total. The van der Waals surface area contributed by atoms with Gasteiger partial charge in [0, 0.05) is 26.2 Å². The minimum Gasteiger partial charge on any atom is -0.433 e. The number of alkyl halides is 2. The van der Waals surface area contributed by atoms with Crippen molar-refractivity contribution in [3.63, 3.8) is 0 Å². The summed E-state index contributed by atoms with van der Waals surface area (Å²) < 4.78 is 55.9. The number of carbonyl (C=O) groups is 1. The average molecular weight is 347 g/mol. The van der Waals surface area contributed by atoms with Crippen LogP contribution < -0.4 is 10.1 Å². The number of nitrogens with one attached hydrogen (secondary N) is 1. The average Bonchev–Trinajstić information content (AvgIpc) is 2.88. The number of nitrogens with zero attached hydrogens (tertiary/aromatic N) is 2. The predicted octanol–water partition coefficient (Wildman–Crippen LogP) is 0.686. The van der Waals surface area contributed by atoms with Crippen LogP contribution in [0.2, 0.25) is 0 Å². The van der Waals surface area contributed by atoms with Crippen molar-refractivity contribution in [1.82, 2.24) is 14.5 Å². The number of urea groups is 1. The number of ether oxygens (including phenoxy) is 1. The topological polar surface area (TPSA) is 79.0 Å². The van der Waals surface area contributed by atoms with Crippen LogP contribution in [0.5, 0.6) is 5.75 Å². The van der Waals surface area contributed by atoms with Gasteiger partial charge >= 0.3 is 12.6 Å². The van der Waals surface area contributed by atoms with Gasteiger partial charge in [-0.15, -0.1) is 0 Å². The van der Waals surface area contributed by atoms with E-state index in [1.807, 2.05) is 0 Å². The lowest BCUT2D eigenvalue weighted by molar-refractivity contribution is -0.0518. The molecule has 1 aromatic carbocycles. The van der Waals surface area contributed by atoms with Crippen LogP contribution in [0.15, 0.2) is 29.2 Å². The Morgan fingerprint density at radius 2 is 2.00 bits per heavy atom. The van der Waals surface area contributed by atoms with E-state index in [9.17, 15) is 22.0 Å². The molecule has 2 heterocycles. The van der Waals surface area contributed by atoms with Gasteiger partial charge in [-0.25, -0.2) is 13.2 Å². The second-order valence-corrected chi connectivity index (χ2v) is 7.13. The van der Waals surface area contributed by atoms with Gasteiger partial charge in [-0.2, -0.15) is 13.1 Å².